The number of carbonyl (C=O) groups is 1. The maximum atomic E-state index is 12.6. The van der Waals surface area contributed by atoms with Gasteiger partial charge in [0.2, 0.25) is 6.10 Å². The number of ether oxygens (including phenoxy) is 2. The first-order chi connectivity index (χ1) is 12.7. The molecular weight excluding hydrogens is 332 g/mol. The van der Waals surface area contributed by atoms with Crippen molar-refractivity contribution < 1.29 is 19.1 Å². The Morgan fingerprint density at radius 2 is 2.04 bits per heavy atom. The van der Waals surface area contributed by atoms with Crippen LogP contribution in [0.1, 0.15) is 24.5 Å². The van der Waals surface area contributed by atoms with Crippen LogP contribution in [0.15, 0.2) is 47.6 Å². The predicted octanol–water partition coefficient (Wildman–Crippen LogP) is 3.40. The number of amides is 1. The number of methoxy groups -OCH3 is 2. The second-order valence-electron chi connectivity index (χ2n) is 5.90. The van der Waals surface area contributed by atoms with Crippen LogP contribution in [-0.2, 0) is 16.1 Å². The number of benzene rings is 2. The van der Waals surface area contributed by atoms with Crippen molar-refractivity contribution in [1.29, 1.82) is 0 Å². The van der Waals surface area contributed by atoms with Crippen molar-refractivity contribution in [2.75, 3.05) is 19.5 Å². The first kappa shape index (κ1) is 17.8. The minimum Gasteiger partial charge on any atom is -0.497 e. The molecule has 0 spiro atoms. The molecule has 136 valence electrons. The van der Waals surface area contributed by atoms with Gasteiger partial charge in [-0.3, -0.25) is 4.79 Å². The monoisotopic (exact) mass is 354 g/mol. The van der Waals surface area contributed by atoms with E-state index in [1.807, 2.05) is 49.4 Å². The molecule has 0 saturated heterocycles. The molecule has 1 aliphatic heterocycles. The molecule has 6 heteroatoms. The van der Waals surface area contributed by atoms with Crippen LogP contribution < -0.4 is 14.8 Å². The fraction of sp³-hybridized carbons (Fsp3) is 0.300. The first-order valence-electron chi connectivity index (χ1n) is 8.50. The average molecular weight is 354 g/mol. The molecule has 3 rings (SSSR count). The summed E-state index contributed by atoms with van der Waals surface area (Å²) in [7, 11) is 3.19. The van der Waals surface area contributed by atoms with Crippen LogP contribution in [0, 0.1) is 0 Å². The summed E-state index contributed by atoms with van der Waals surface area (Å²) in [6, 6.07) is 13.2. The average Bonchev–Trinajstić information content (AvgIpc) is 3.18. The number of para-hydroxylation sites is 1. The summed E-state index contributed by atoms with van der Waals surface area (Å²) < 4.78 is 10.6. The zero-order valence-electron chi connectivity index (χ0n) is 15.1. The highest BCUT2D eigenvalue weighted by atomic mass is 16.6. The number of oxime groups is 1. The van der Waals surface area contributed by atoms with Crippen molar-refractivity contribution in [1.82, 2.24) is 0 Å². The van der Waals surface area contributed by atoms with Gasteiger partial charge in [-0.05, 0) is 36.2 Å². The lowest BCUT2D eigenvalue weighted by Crippen LogP contribution is -2.28. The Morgan fingerprint density at radius 3 is 2.77 bits per heavy atom. The van der Waals surface area contributed by atoms with E-state index in [1.165, 1.54) is 0 Å². The molecule has 1 aliphatic rings. The molecule has 1 N–H and O–H groups in total. The van der Waals surface area contributed by atoms with Gasteiger partial charge >= 0.3 is 0 Å². The lowest BCUT2D eigenvalue weighted by molar-refractivity contribution is -0.125. The maximum absolute atomic E-state index is 12.6. The lowest BCUT2D eigenvalue weighted by atomic mass is 10.0. The summed E-state index contributed by atoms with van der Waals surface area (Å²) in [5, 5.41) is 7.03. The Morgan fingerprint density at radius 1 is 1.23 bits per heavy atom. The Labute approximate surface area is 152 Å². The Hall–Kier alpha value is -3.02. The normalized spacial score (nSPS) is 15.8. The third-order valence-corrected chi connectivity index (χ3v) is 4.33. The maximum Gasteiger partial charge on any atom is 0.268 e. The van der Waals surface area contributed by atoms with Gasteiger partial charge in [0.25, 0.3) is 5.91 Å². The van der Waals surface area contributed by atoms with E-state index in [1.54, 1.807) is 14.2 Å². The molecule has 6 nitrogen and oxygen atoms in total. The second-order valence-corrected chi connectivity index (χ2v) is 5.90. The number of anilines is 1. The summed E-state index contributed by atoms with van der Waals surface area (Å²) in [5.74, 6) is 1.13. The van der Waals surface area contributed by atoms with Gasteiger partial charge in [-0.1, -0.05) is 30.3 Å². The Kier molecular flexibility index (Phi) is 5.41. The van der Waals surface area contributed by atoms with E-state index in [9.17, 15) is 4.79 Å². The van der Waals surface area contributed by atoms with Gasteiger partial charge in [-0.15, -0.1) is 0 Å². The number of nitrogens with one attached hydrogen (secondary N) is 1. The molecular formula is C20H22N2O4. The molecule has 0 radical (unpaired) electrons. The van der Waals surface area contributed by atoms with Gasteiger partial charge in [0.15, 0.2) is 0 Å². The molecule has 26 heavy (non-hydrogen) atoms. The fourth-order valence-electron chi connectivity index (χ4n) is 2.88. The van der Waals surface area contributed by atoms with E-state index < -0.39 is 6.10 Å². The first-order valence-corrected chi connectivity index (χ1v) is 8.50. The third-order valence-electron chi connectivity index (χ3n) is 4.33. The number of hydrogen-bond acceptors (Lipinski definition) is 5. The fourth-order valence-corrected chi connectivity index (χ4v) is 2.88. The number of hydrogen-bond donors (Lipinski definition) is 1. The van der Waals surface area contributed by atoms with E-state index in [0.29, 0.717) is 23.6 Å². The van der Waals surface area contributed by atoms with Crippen molar-refractivity contribution in [2.45, 2.75) is 25.9 Å². The molecule has 0 aromatic heterocycles. The summed E-state index contributed by atoms with van der Waals surface area (Å²) in [6.07, 6.45) is 0.528. The number of rotatable bonds is 6. The topological polar surface area (TPSA) is 69.2 Å². The van der Waals surface area contributed by atoms with Crippen LogP contribution in [-0.4, -0.2) is 31.9 Å². The summed E-state index contributed by atoms with van der Waals surface area (Å²) >= 11 is 0. The molecule has 1 atom stereocenters. The van der Waals surface area contributed by atoms with E-state index >= 15 is 0 Å². The van der Waals surface area contributed by atoms with Crippen LogP contribution in [0.25, 0.3) is 0 Å². The van der Waals surface area contributed by atoms with Crippen LogP contribution in [0.3, 0.4) is 0 Å². The summed E-state index contributed by atoms with van der Waals surface area (Å²) in [5.41, 5.74) is 3.30. The molecule has 1 amide bonds. The van der Waals surface area contributed by atoms with Gasteiger partial charge in [-0.2, -0.15) is 0 Å². The zero-order valence-corrected chi connectivity index (χ0v) is 15.1. The minimum atomic E-state index is -0.675. The lowest BCUT2D eigenvalue weighted by Gasteiger charge is -2.13. The molecule has 0 unspecified atom stereocenters. The van der Waals surface area contributed by atoms with Crippen LogP contribution >= 0.6 is 0 Å². The molecule has 0 aliphatic carbocycles. The molecule has 1 heterocycles. The van der Waals surface area contributed by atoms with E-state index in [0.717, 1.165) is 23.2 Å². The van der Waals surface area contributed by atoms with E-state index in [-0.39, 0.29) is 5.91 Å². The van der Waals surface area contributed by atoms with Gasteiger partial charge < -0.3 is 19.6 Å². The highest BCUT2D eigenvalue weighted by Crippen LogP contribution is 2.29. The van der Waals surface area contributed by atoms with Gasteiger partial charge in [0.1, 0.15) is 11.5 Å². The van der Waals surface area contributed by atoms with Crippen LogP contribution in [0.4, 0.5) is 5.69 Å². The molecule has 0 fully saturated rings. The Balaban J connectivity index is 1.73. The van der Waals surface area contributed by atoms with E-state index in [2.05, 4.69) is 10.5 Å². The molecule has 0 bridgehead atoms. The van der Waals surface area contributed by atoms with E-state index in [4.69, 9.17) is 14.3 Å². The number of nitrogens with zero attached hydrogens (tertiary/aromatic N) is 1. The highest BCUT2D eigenvalue weighted by molar-refractivity contribution is 6.07. The van der Waals surface area contributed by atoms with Crippen molar-refractivity contribution in [2.24, 2.45) is 5.16 Å². The number of aryl methyl sites for hydroxylation is 1. The predicted molar refractivity (Wildman–Crippen MR) is 100 cm³/mol. The van der Waals surface area contributed by atoms with Crippen LogP contribution in [0.2, 0.25) is 0 Å². The molecule has 2 aromatic rings. The van der Waals surface area contributed by atoms with Gasteiger partial charge in [-0.25, -0.2) is 0 Å². The van der Waals surface area contributed by atoms with Crippen molar-refractivity contribution in [3.8, 4) is 11.5 Å². The Bertz CT molecular complexity index is 832. The zero-order chi connectivity index (χ0) is 18.5. The largest absolute Gasteiger partial charge is 0.497 e. The smallest absolute Gasteiger partial charge is 0.268 e. The van der Waals surface area contributed by atoms with Crippen LogP contribution in [0.5, 0.6) is 11.5 Å². The standard InChI is InChI=1S/C20H22N2O4/c1-4-13-7-5-6-8-16(13)21-20(23)19-12-17(22-26-19)15-11-14(24-2)9-10-18(15)25-3/h5-11,19H,4,12H2,1-3H3,(H,21,23)/t19-/m0/s1. The van der Waals surface area contributed by atoms with Gasteiger partial charge in [0.05, 0.1) is 19.9 Å². The minimum absolute atomic E-state index is 0.216. The van der Waals surface area contributed by atoms with Crippen molar-refractivity contribution >= 4 is 17.3 Å². The molecule has 0 saturated carbocycles. The number of carbonyl (C=O) groups excluding carboxylic acids is 1. The van der Waals surface area contributed by atoms with Crippen molar-refractivity contribution in [3.05, 3.63) is 53.6 Å². The SMILES string of the molecule is CCc1ccccc1NC(=O)[C@@H]1CC(c2cc(OC)ccc2OC)=NO1. The summed E-state index contributed by atoms with van der Waals surface area (Å²) in [6.45, 7) is 2.05. The highest BCUT2D eigenvalue weighted by Gasteiger charge is 2.30. The van der Waals surface area contributed by atoms with Gasteiger partial charge in [0, 0.05) is 17.7 Å². The summed E-state index contributed by atoms with van der Waals surface area (Å²) in [4.78, 5) is 18.0. The van der Waals surface area contributed by atoms with Crippen molar-refractivity contribution in [3.63, 3.8) is 0 Å². The molecule has 2 aromatic carbocycles. The second kappa shape index (κ2) is 7.91. The third kappa shape index (κ3) is 3.64. The quantitative estimate of drug-likeness (QED) is 0.863.